The lowest BCUT2D eigenvalue weighted by Crippen LogP contribution is -2.26. The minimum Gasteiger partial charge on any atom is -0.465 e. The topological polar surface area (TPSA) is 60.4 Å². The second-order valence-corrected chi connectivity index (χ2v) is 5.64. The predicted octanol–water partition coefficient (Wildman–Crippen LogP) is 4.43. The number of carbonyl (C=O) groups is 2. The van der Waals surface area contributed by atoms with Crippen LogP contribution in [-0.4, -0.2) is 18.4 Å². The van der Waals surface area contributed by atoms with E-state index in [2.05, 4.69) is 0 Å². The van der Waals surface area contributed by atoms with Crippen molar-refractivity contribution in [2.45, 2.75) is 33.1 Å². The highest BCUT2D eigenvalue weighted by Crippen LogP contribution is 2.26. The fourth-order valence-corrected chi connectivity index (χ4v) is 2.67. The molecule has 0 heterocycles. The molecule has 0 aliphatic rings. The van der Waals surface area contributed by atoms with Crippen LogP contribution in [-0.2, 0) is 14.1 Å². The third kappa shape index (κ3) is 5.33. The summed E-state index contributed by atoms with van der Waals surface area (Å²) in [6.07, 6.45) is 0.727. The molecule has 0 spiro atoms. The van der Waals surface area contributed by atoms with Crippen LogP contribution in [0.1, 0.15) is 46.3 Å². The fourth-order valence-electron chi connectivity index (χ4n) is 2.67. The second kappa shape index (κ2) is 10.5. The van der Waals surface area contributed by atoms with Crippen LogP contribution in [0.15, 0.2) is 48.5 Å². The zero-order chi connectivity index (χ0) is 18.8. The van der Waals surface area contributed by atoms with E-state index in [0.717, 1.165) is 17.5 Å². The molecule has 0 aromatic heterocycles. The molecule has 0 bridgehead atoms. The molecule has 2 aromatic carbocycles. The Morgan fingerprint density at radius 2 is 1.52 bits per heavy atom. The summed E-state index contributed by atoms with van der Waals surface area (Å²) < 4.78 is 13.4. The molecule has 2 aromatic rings. The maximum atomic E-state index is 13.1. The van der Waals surface area contributed by atoms with Crippen molar-refractivity contribution in [2.24, 2.45) is 0 Å². The lowest BCUT2D eigenvalue weighted by molar-refractivity contribution is -0.144. The Balaban J connectivity index is 0.00000151. The first-order valence-corrected chi connectivity index (χ1v) is 8.59. The highest BCUT2D eigenvalue weighted by molar-refractivity contribution is 7.00. The van der Waals surface area contributed by atoms with Gasteiger partial charge in [-0.25, -0.2) is 0 Å². The number of aryl methyl sites for hydroxylation is 2. The molecule has 0 radical (unpaired) electrons. The molecule has 2 unspecified atom stereocenters. The maximum Gasteiger partial charge on any atom is 0.321 e. The Hall–Kier alpha value is -2.32. The van der Waals surface area contributed by atoms with E-state index in [4.69, 9.17) is 9.30 Å². The molecule has 0 amide bonds. The van der Waals surface area contributed by atoms with Gasteiger partial charge in [-0.05, 0) is 37.0 Å². The van der Waals surface area contributed by atoms with Crippen LogP contribution in [0.5, 0.6) is 0 Å². The number of benzene rings is 2. The normalized spacial score (nSPS) is 11.0. The molecule has 132 valence electrons. The zero-order valence-corrected chi connectivity index (χ0v) is 16.0. The Morgan fingerprint density at radius 3 is 2.04 bits per heavy atom. The van der Waals surface area contributed by atoms with Crippen molar-refractivity contribution in [1.29, 1.82) is 0 Å². The van der Waals surface area contributed by atoms with E-state index in [9.17, 15) is 9.59 Å². The molecule has 0 saturated heterocycles. The number of carbonyl (C=O) groups excluding carboxylic acids is 2. The zero-order valence-electron chi connectivity index (χ0n) is 14.8. The summed E-state index contributed by atoms with van der Waals surface area (Å²) in [7, 11) is 1.17. The van der Waals surface area contributed by atoms with Gasteiger partial charge in [-0.2, -0.15) is 0 Å². The van der Waals surface area contributed by atoms with Crippen molar-refractivity contribution in [2.75, 3.05) is 6.61 Å². The van der Waals surface area contributed by atoms with Gasteiger partial charge >= 0.3 is 15.1 Å². The SMILES string of the molecule is CCCOC(=O)C(C(=O)c1c(C)cccc1C)c1ccccc1.O=[PH2+]. The summed E-state index contributed by atoms with van der Waals surface area (Å²) in [5, 5.41) is 0. The summed E-state index contributed by atoms with van der Waals surface area (Å²) in [6, 6.07) is 14.8. The smallest absolute Gasteiger partial charge is 0.321 e. The van der Waals surface area contributed by atoms with Gasteiger partial charge in [0.15, 0.2) is 5.78 Å². The van der Waals surface area contributed by atoms with Gasteiger partial charge in [0.25, 0.3) is 0 Å². The second-order valence-electron chi connectivity index (χ2n) is 5.64. The number of esters is 1. The first kappa shape index (κ1) is 20.7. The summed E-state index contributed by atoms with van der Waals surface area (Å²) >= 11 is 0. The first-order chi connectivity index (χ1) is 12.1. The first-order valence-electron chi connectivity index (χ1n) is 8.11. The van der Waals surface area contributed by atoms with Gasteiger partial charge in [0.05, 0.1) is 6.61 Å². The summed E-state index contributed by atoms with van der Waals surface area (Å²) in [5.74, 6) is -1.60. The van der Waals surface area contributed by atoms with Crippen molar-refractivity contribution < 1.29 is 18.9 Å². The molecule has 4 nitrogen and oxygen atoms in total. The highest BCUT2D eigenvalue weighted by atomic mass is 31.0. The van der Waals surface area contributed by atoms with Crippen LogP contribution >= 0.6 is 9.12 Å². The molecule has 25 heavy (non-hydrogen) atoms. The van der Waals surface area contributed by atoms with Crippen molar-refractivity contribution in [3.05, 3.63) is 70.8 Å². The summed E-state index contributed by atoms with van der Waals surface area (Å²) in [6.45, 7) is 6.03. The van der Waals surface area contributed by atoms with E-state index in [-0.39, 0.29) is 5.78 Å². The van der Waals surface area contributed by atoms with Crippen LogP contribution < -0.4 is 0 Å². The van der Waals surface area contributed by atoms with E-state index >= 15 is 0 Å². The number of hydrogen-bond donors (Lipinski definition) is 0. The van der Waals surface area contributed by atoms with Gasteiger partial charge < -0.3 is 4.74 Å². The Morgan fingerprint density at radius 1 is 0.960 bits per heavy atom. The van der Waals surface area contributed by atoms with E-state index in [0.29, 0.717) is 17.7 Å². The average Bonchev–Trinajstić information content (AvgIpc) is 2.62. The molecule has 5 heteroatoms. The number of hydrogen-bond acceptors (Lipinski definition) is 4. The molecule has 0 N–H and O–H groups in total. The Kier molecular flexibility index (Phi) is 8.73. The number of ketones is 1. The molecular formula is C20H24O4P+. The predicted molar refractivity (Wildman–Crippen MR) is 101 cm³/mol. The lowest BCUT2D eigenvalue weighted by Gasteiger charge is -2.18. The molecule has 2 rings (SSSR count). The van der Waals surface area contributed by atoms with Gasteiger partial charge in [0, 0.05) is 5.56 Å². The molecule has 0 fully saturated rings. The third-order valence-electron chi connectivity index (χ3n) is 3.81. The van der Waals surface area contributed by atoms with Gasteiger partial charge in [-0.3, -0.25) is 9.59 Å². The standard InChI is InChI=1S/C20H22O3.H2OP/c1-4-13-23-20(22)18(16-11-6-5-7-12-16)19(21)17-14(2)9-8-10-15(17)3;1-2/h5-12,18H,4,13H2,1-3H3;2H2/q;+1. The average molecular weight is 359 g/mol. The quantitative estimate of drug-likeness (QED) is 0.331. The minimum atomic E-state index is -0.914. The molecule has 2 atom stereocenters. The van der Waals surface area contributed by atoms with Gasteiger partial charge in [0.1, 0.15) is 5.92 Å². The number of rotatable bonds is 6. The molecule has 0 aliphatic heterocycles. The highest BCUT2D eigenvalue weighted by Gasteiger charge is 2.32. The van der Waals surface area contributed by atoms with E-state index < -0.39 is 11.9 Å². The number of ether oxygens (including phenoxy) is 1. The molecule has 0 saturated carbocycles. The Labute approximate surface area is 150 Å². The number of Topliss-reactive ketones (excluding diaryl/α,β-unsaturated/α-hetero) is 1. The molecule has 0 aliphatic carbocycles. The summed E-state index contributed by atoms with van der Waals surface area (Å²) in [5.41, 5.74) is 3.02. The van der Waals surface area contributed by atoms with Crippen molar-refractivity contribution >= 4 is 20.9 Å². The van der Waals surface area contributed by atoms with Crippen LogP contribution in [0, 0.1) is 13.8 Å². The van der Waals surface area contributed by atoms with Crippen molar-refractivity contribution in [3.8, 4) is 0 Å². The molecular weight excluding hydrogens is 335 g/mol. The van der Waals surface area contributed by atoms with E-state index in [1.807, 2.05) is 57.2 Å². The van der Waals surface area contributed by atoms with Gasteiger partial charge in [-0.1, -0.05) is 60.0 Å². The largest absolute Gasteiger partial charge is 0.465 e. The maximum absolute atomic E-state index is 13.1. The Bertz CT molecular complexity index is 693. The van der Waals surface area contributed by atoms with Gasteiger partial charge in [0.2, 0.25) is 0 Å². The van der Waals surface area contributed by atoms with Crippen molar-refractivity contribution in [1.82, 2.24) is 0 Å². The van der Waals surface area contributed by atoms with Crippen LogP contribution in [0.3, 0.4) is 0 Å². The lowest BCUT2D eigenvalue weighted by atomic mass is 9.87. The monoisotopic (exact) mass is 359 g/mol. The van der Waals surface area contributed by atoms with E-state index in [1.165, 1.54) is 9.12 Å². The minimum absolute atomic E-state index is 0.201. The van der Waals surface area contributed by atoms with Crippen LogP contribution in [0.2, 0.25) is 0 Å². The van der Waals surface area contributed by atoms with Crippen LogP contribution in [0.25, 0.3) is 0 Å². The van der Waals surface area contributed by atoms with Crippen LogP contribution in [0.4, 0.5) is 0 Å². The van der Waals surface area contributed by atoms with Gasteiger partial charge in [-0.15, -0.1) is 0 Å². The third-order valence-corrected chi connectivity index (χ3v) is 3.81. The van der Waals surface area contributed by atoms with E-state index in [1.54, 1.807) is 12.1 Å². The van der Waals surface area contributed by atoms with Crippen molar-refractivity contribution in [3.63, 3.8) is 0 Å². The summed E-state index contributed by atoms with van der Waals surface area (Å²) in [4.78, 5) is 25.6. The fraction of sp³-hybridized carbons (Fsp3) is 0.300.